The third-order valence-electron chi connectivity index (χ3n) is 8.41. The maximum atomic E-state index is 15.1. The molecule has 0 spiro atoms. The van der Waals surface area contributed by atoms with Crippen LogP contribution in [-0.2, 0) is 0 Å². The first kappa shape index (κ1) is 25.3. The van der Waals surface area contributed by atoms with Gasteiger partial charge in [0.05, 0.1) is 0 Å². The summed E-state index contributed by atoms with van der Waals surface area (Å²) in [5, 5.41) is 7.39. The molecule has 0 atom stereocenters. The third-order valence-corrected chi connectivity index (χ3v) is 8.41. The Morgan fingerprint density at radius 1 is 0.302 bits per heavy atom. The van der Waals surface area contributed by atoms with E-state index in [0.29, 0.717) is 10.8 Å². The maximum absolute atomic E-state index is 15.1. The van der Waals surface area contributed by atoms with Crippen LogP contribution >= 0.6 is 0 Å². The first-order valence-corrected chi connectivity index (χ1v) is 14.2. The lowest BCUT2D eigenvalue weighted by Crippen LogP contribution is -1.95. The van der Waals surface area contributed by atoms with Crippen molar-refractivity contribution < 1.29 is 13.2 Å². The Balaban J connectivity index is 1.54. The fourth-order valence-corrected chi connectivity index (χ4v) is 6.35. The standard InChI is InChI=1S/C40H23F3/c41-32-16-13-26(14-17-32)29-15-18-33-34(21-29)40(31-12-10-25-6-2-4-8-28(25)20-31)36-23-38(43)37(42)22-35(36)39(33)30-11-9-24-5-1-3-7-27(24)19-30/h1-23H. The minimum absolute atomic E-state index is 0.302. The highest BCUT2D eigenvalue weighted by molar-refractivity contribution is 6.22. The first-order chi connectivity index (χ1) is 21.0. The molecular formula is C40H23F3. The van der Waals surface area contributed by atoms with Gasteiger partial charge in [0.25, 0.3) is 0 Å². The molecule has 0 bridgehead atoms. The summed E-state index contributed by atoms with van der Waals surface area (Å²) in [5.74, 6) is -2.09. The maximum Gasteiger partial charge on any atom is 0.159 e. The van der Waals surface area contributed by atoms with Crippen molar-refractivity contribution in [2.75, 3.05) is 0 Å². The van der Waals surface area contributed by atoms with Crippen LogP contribution in [0.3, 0.4) is 0 Å². The zero-order chi connectivity index (χ0) is 29.1. The van der Waals surface area contributed by atoms with E-state index in [1.807, 2.05) is 48.5 Å². The van der Waals surface area contributed by atoms with E-state index >= 15 is 8.78 Å². The fourth-order valence-electron chi connectivity index (χ4n) is 6.35. The van der Waals surface area contributed by atoms with Crippen molar-refractivity contribution in [1.82, 2.24) is 0 Å². The van der Waals surface area contributed by atoms with E-state index in [0.717, 1.165) is 65.7 Å². The van der Waals surface area contributed by atoms with E-state index in [-0.39, 0.29) is 5.82 Å². The summed E-state index contributed by atoms with van der Waals surface area (Å²) in [5.41, 5.74) is 5.25. The van der Waals surface area contributed by atoms with Crippen molar-refractivity contribution in [3.63, 3.8) is 0 Å². The second kappa shape index (κ2) is 9.85. The number of halogens is 3. The molecule has 0 unspecified atom stereocenters. The van der Waals surface area contributed by atoms with E-state index in [2.05, 4.69) is 54.6 Å². The van der Waals surface area contributed by atoms with Gasteiger partial charge in [0.1, 0.15) is 5.82 Å². The molecule has 0 fully saturated rings. The second-order valence-electron chi connectivity index (χ2n) is 11.0. The highest BCUT2D eigenvalue weighted by atomic mass is 19.2. The van der Waals surface area contributed by atoms with Crippen LogP contribution in [0.4, 0.5) is 13.2 Å². The fraction of sp³-hybridized carbons (Fsp3) is 0. The number of rotatable bonds is 3. The molecule has 0 heterocycles. The Hall–Kier alpha value is -5.41. The minimum Gasteiger partial charge on any atom is -0.207 e. The molecule has 0 aliphatic rings. The zero-order valence-corrected chi connectivity index (χ0v) is 22.9. The molecule has 0 saturated carbocycles. The summed E-state index contributed by atoms with van der Waals surface area (Å²) >= 11 is 0. The van der Waals surface area contributed by atoms with Gasteiger partial charge >= 0.3 is 0 Å². The molecule has 0 N–H and O–H groups in total. The molecule has 3 heteroatoms. The molecular weight excluding hydrogens is 537 g/mol. The Bertz CT molecular complexity index is 2370. The molecule has 0 radical (unpaired) electrons. The molecule has 0 saturated heterocycles. The van der Waals surface area contributed by atoms with Gasteiger partial charge in [0.2, 0.25) is 0 Å². The number of benzene rings is 8. The summed E-state index contributed by atoms with van der Waals surface area (Å²) in [6.07, 6.45) is 0. The van der Waals surface area contributed by atoms with Crippen LogP contribution in [0.2, 0.25) is 0 Å². The van der Waals surface area contributed by atoms with Crippen LogP contribution in [0.5, 0.6) is 0 Å². The monoisotopic (exact) mass is 560 g/mol. The number of fused-ring (bicyclic) bond motifs is 4. The topological polar surface area (TPSA) is 0 Å². The van der Waals surface area contributed by atoms with Gasteiger partial charge in [-0.05, 0) is 119 Å². The molecule has 204 valence electrons. The van der Waals surface area contributed by atoms with E-state index < -0.39 is 11.6 Å². The van der Waals surface area contributed by atoms with Gasteiger partial charge in [-0.3, -0.25) is 0 Å². The summed E-state index contributed by atoms with van der Waals surface area (Å²) < 4.78 is 44.0. The van der Waals surface area contributed by atoms with Crippen molar-refractivity contribution in [2.45, 2.75) is 0 Å². The van der Waals surface area contributed by atoms with Gasteiger partial charge in [-0.2, -0.15) is 0 Å². The van der Waals surface area contributed by atoms with Crippen LogP contribution in [0.1, 0.15) is 0 Å². The van der Waals surface area contributed by atoms with Crippen LogP contribution in [0.15, 0.2) is 140 Å². The Kier molecular flexibility index (Phi) is 5.80. The average Bonchev–Trinajstić information content (AvgIpc) is 3.04. The van der Waals surface area contributed by atoms with Crippen LogP contribution in [-0.4, -0.2) is 0 Å². The molecule has 43 heavy (non-hydrogen) atoms. The summed E-state index contributed by atoms with van der Waals surface area (Å²) in [6.45, 7) is 0. The molecule has 0 amide bonds. The van der Waals surface area contributed by atoms with Gasteiger partial charge in [0, 0.05) is 0 Å². The van der Waals surface area contributed by atoms with E-state index in [1.165, 1.54) is 24.3 Å². The second-order valence-corrected chi connectivity index (χ2v) is 11.0. The first-order valence-electron chi connectivity index (χ1n) is 14.2. The molecule has 8 aromatic rings. The predicted molar refractivity (Wildman–Crippen MR) is 173 cm³/mol. The SMILES string of the molecule is Fc1ccc(-c2ccc3c(-c4ccc5ccccc5c4)c4cc(F)c(F)cc4c(-c4ccc5ccccc5c4)c3c2)cc1. The minimum atomic E-state index is -0.895. The van der Waals surface area contributed by atoms with Gasteiger partial charge in [-0.1, -0.05) is 97.1 Å². The quantitative estimate of drug-likeness (QED) is 0.189. The molecule has 8 aromatic carbocycles. The van der Waals surface area contributed by atoms with Crippen LogP contribution in [0.25, 0.3) is 76.5 Å². The lowest BCUT2D eigenvalue weighted by atomic mass is 9.84. The van der Waals surface area contributed by atoms with Crippen molar-refractivity contribution >= 4 is 43.1 Å². The van der Waals surface area contributed by atoms with Gasteiger partial charge in [-0.15, -0.1) is 0 Å². The number of hydrogen-bond acceptors (Lipinski definition) is 0. The van der Waals surface area contributed by atoms with Crippen molar-refractivity contribution in [3.05, 3.63) is 157 Å². The highest BCUT2D eigenvalue weighted by Gasteiger charge is 2.20. The normalized spacial score (nSPS) is 11.6. The van der Waals surface area contributed by atoms with E-state index in [4.69, 9.17) is 0 Å². The van der Waals surface area contributed by atoms with E-state index in [1.54, 1.807) is 12.1 Å². The van der Waals surface area contributed by atoms with Crippen LogP contribution < -0.4 is 0 Å². The summed E-state index contributed by atoms with van der Waals surface area (Å²) in [7, 11) is 0. The smallest absolute Gasteiger partial charge is 0.159 e. The zero-order valence-electron chi connectivity index (χ0n) is 22.9. The highest BCUT2D eigenvalue weighted by Crippen LogP contribution is 2.46. The third kappa shape index (κ3) is 4.24. The average molecular weight is 561 g/mol. The van der Waals surface area contributed by atoms with E-state index in [9.17, 15) is 4.39 Å². The molecule has 0 nitrogen and oxygen atoms in total. The molecule has 0 aromatic heterocycles. The predicted octanol–water partition coefficient (Wildman–Crippen LogP) is 11.7. The molecule has 8 rings (SSSR count). The Morgan fingerprint density at radius 2 is 0.744 bits per heavy atom. The Labute approximate surface area is 246 Å². The van der Waals surface area contributed by atoms with Gasteiger partial charge in [-0.25, -0.2) is 13.2 Å². The molecule has 0 aliphatic carbocycles. The van der Waals surface area contributed by atoms with Crippen molar-refractivity contribution in [3.8, 4) is 33.4 Å². The lowest BCUT2D eigenvalue weighted by Gasteiger charge is -2.19. The van der Waals surface area contributed by atoms with Crippen LogP contribution in [0, 0.1) is 17.5 Å². The van der Waals surface area contributed by atoms with Gasteiger partial charge in [0.15, 0.2) is 11.6 Å². The summed E-state index contributed by atoms with van der Waals surface area (Å²) in [6, 6.07) is 43.8. The molecule has 0 aliphatic heterocycles. The Morgan fingerprint density at radius 3 is 1.30 bits per heavy atom. The summed E-state index contributed by atoms with van der Waals surface area (Å²) in [4.78, 5) is 0. The van der Waals surface area contributed by atoms with Crippen molar-refractivity contribution in [2.24, 2.45) is 0 Å². The van der Waals surface area contributed by atoms with Gasteiger partial charge < -0.3 is 0 Å². The van der Waals surface area contributed by atoms with Crippen molar-refractivity contribution in [1.29, 1.82) is 0 Å². The largest absolute Gasteiger partial charge is 0.207 e. The number of hydrogen-bond donors (Lipinski definition) is 0. The lowest BCUT2D eigenvalue weighted by molar-refractivity contribution is 0.511.